The maximum Gasteiger partial charge on any atom is 0.518 e. The second-order valence-electron chi connectivity index (χ2n) is 4.30. The summed E-state index contributed by atoms with van der Waals surface area (Å²) in [5.41, 5.74) is -5.11. The molecule has 0 N–H and O–H groups in total. The Morgan fingerprint density at radius 1 is 1.14 bits per heavy atom. The minimum atomic E-state index is -5.59. The van der Waals surface area contributed by atoms with Gasteiger partial charge >= 0.3 is 15.5 Å². The van der Waals surface area contributed by atoms with E-state index in [1.807, 2.05) is 0 Å². The average Bonchev–Trinajstić information content (AvgIpc) is 2.45. The number of hydrogen-bond donors (Lipinski definition) is 0. The Balaban J connectivity index is 2.46. The molecule has 0 spiro atoms. The van der Waals surface area contributed by atoms with E-state index in [0.717, 1.165) is 0 Å². The van der Waals surface area contributed by atoms with E-state index in [0.29, 0.717) is 18.8 Å². The highest BCUT2D eigenvalue weighted by atomic mass is 32.2. The van der Waals surface area contributed by atoms with Crippen molar-refractivity contribution in [3.8, 4) is 0 Å². The smallest absolute Gasteiger partial charge is 0.378 e. The second-order valence-corrected chi connectivity index (χ2v) is 5.90. The number of rotatable bonds is 2. The summed E-state index contributed by atoms with van der Waals surface area (Å²) in [5, 5.41) is 0. The lowest BCUT2D eigenvalue weighted by atomic mass is 10.2. The van der Waals surface area contributed by atoms with E-state index in [-0.39, 0.29) is 18.9 Å². The first kappa shape index (κ1) is 15.8. The molecule has 0 radical (unpaired) electrons. The topological polar surface area (TPSA) is 59.0 Å². The number of benzene rings is 1. The molecule has 1 saturated heterocycles. The summed E-state index contributed by atoms with van der Waals surface area (Å²) < 4.78 is 68.4. The van der Waals surface area contributed by atoms with Gasteiger partial charge in [0, 0.05) is 18.7 Å². The van der Waals surface area contributed by atoms with Crippen LogP contribution >= 0.6 is 0 Å². The zero-order valence-electron chi connectivity index (χ0n) is 10.9. The SMILES string of the molecule is O=S(=O)(/N=C(\c1ccccc1)N1CCOCC1)C(F)(F)F. The van der Waals surface area contributed by atoms with E-state index in [1.54, 1.807) is 18.2 Å². The predicted molar refractivity (Wildman–Crippen MR) is 70.3 cm³/mol. The van der Waals surface area contributed by atoms with Gasteiger partial charge in [-0.05, 0) is 0 Å². The molecule has 1 aromatic carbocycles. The van der Waals surface area contributed by atoms with Crippen molar-refractivity contribution in [3.05, 3.63) is 35.9 Å². The van der Waals surface area contributed by atoms with Crippen molar-refractivity contribution in [2.45, 2.75) is 5.51 Å². The van der Waals surface area contributed by atoms with Gasteiger partial charge in [-0.15, -0.1) is 4.40 Å². The van der Waals surface area contributed by atoms with Crippen LogP contribution in [0.5, 0.6) is 0 Å². The van der Waals surface area contributed by atoms with Crippen molar-refractivity contribution in [2.75, 3.05) is 26.3 Å². The molecule has 1 fully saturated rings. The summed E-state index contributed by atoms with van der Waals surface area (Å²) in [6.45, 7) is 1.16. The van der Waals surface area contributed by atoms with Crippen LogP contribution in [0.3, 0.4) is 0 Å². The van der Waals surface area contributed by atoms with E-state index in [4.69, 9.17) is 4.74 Å². The molecule has 0 aliphatic carbocycles. The highest BCUT2D eigenvalue weighted by molar-refractivity contribution is 7.91. The molecule has 116 valence electrons. The molecule has 5 nitrogen and oxygen atoms in total. The molecule has 0 atom stereocenters. The maximum absolute atomic E-state index is 12.5. The quantitative estimate of drug-likeness (QED) is 0.613. The molecular weight excluding hydrogens is 309 g/mol. The summed E-state index contributed by atoms with van der Waals surface area (Å²) in [6.07, 6.45) is 0. The molecule has 0 saturated carbocycles. The van der Waals surface area contributed by atoms with E-state index in [9.17, 15) is 21.6 Å². The summed E-state index contributed by atoms with van der Waals surface area (Å²) in [5.74, 6) is -0.212. The van der Waals surface area contributed by atoms with E-state index in [2.05, 4.69) is 4.40 Å². The first-order valence-electron chi connectivity index (χ1n) is 6.10. The zero-order valence-corrected chi connectivity index (χ0v) is 11.7. The number of ether oxygens (including phenoxy) is 1. The fourth-order valence-electron chi connectivity index (χ4n) is 1.82. The van der Waals surface area contributed by atoms with E-state index in [1.165, 1.54) is 17.0 Å². The number of morpholine rings is 1. The minimum Gasteiger partial charge on any atom is -0.378 e. The molecule has 1 aromatic rings. The monoisotopic (exact) mass is 322 g/mol. The Morgan fingerprint density at radius 2 is 1.71 bits per heavy atom. The van der Waals surface area contributed by atoms with Crippen molar-refractivity contribution < 1.29 is 26.3 Å². The van der Waals surface area contributed by atoms with Crippen LogP contribution in [-0.2, 0) is 14.8 Å². The molecular formula is C12H13F3N2O3S. The van der Waals surface area contributed by atoms with Crippen LogP contribution in [0.25, 0.3) is 0 Å². The number of alkyl halides is 3. The van der Waals surface area contributed by atoms with Crippen LogP contribution in [0.15, 0.2) is 34.7 Å². The Hall–Kier alpha value is -1.61. The summed E-state index contributed by atoms with van der Waals surface area (Å²) >= 11 is 0. The molecule has 0 amide bonds. The van der Waals surface area contributed by atoms with Gasteiger partial charge in [-0.25, -0.2) is 0 Å². The fourth-order valence-corrected chi connectivity index (χ4v) is 2.37. The normalized spacial score (nSPS) is 17.9. The molecule has 0 unspecified atom stereocenters. The van der Waals surface area contributed by atoms with E-state index >= 15 is 0 Å². The Kier molecular flexibility index (Phi) is 4.52. The lowest BCUT2D eigenvalue weighted by molar-refractivity contribution is -0.0435. The Bertz CT molecular complexity index is 608. The summed E-state index contributed by atoms with van der Waals surface area (Å²) in [6, 6.07) is 7.91. The fraction of sp³-hybridized carbons (Fsp3) is 0.417. The van der Waals surface area contributed by atoms with Crippen molar-refractivity contribution in [3.63, 3.8) is 0 Å². The van der Waals surface area contributed by atoms with Crippen LogP contribution in [0.1, 0.15) is 5.56 Å². The number of nitrogens with zero attached hydrogens (tertiary/aromatic N) is 2. The van der Waals surface area contributed by atoms with Gasteiger partial charge in [-0.2, -0.15) is 21.6 Å². The van der Waals surface area contributed by atoms with Gasteiger partial charge in [0.15, 0.2) is 0 Å². The van der Waals surface area contributed by atoms with Crippen LogP contribution in [-0.4, -0.2) is 51.0 Å². The summed E-state index contributed by atoms with van der Waals surface area (Å²) in [4.78, 5) is 1.47. The first-order valence-corrected chi connectivity index (χ1v) is 7.54. The molecule has 21 heavy (non-hydrogen) atoms. The number of sulfonamides is 1. The van der Waals surface area contributed by atoms with Gasteiger partial charge < -0.3 is 9.64 Å². The van der Waals surface area contributed by atoms with Gasteiger partial charge in [0.1, 0.15) is 5.84 Å². The van der Waals surface area contributed by atoms with E-state index < -0.39 is 15.5 Å². The van der Waals surface area contributed by atoms with Gasteiger partial charge in [-0.1, -0.05) is 30.3 Å². The second kappa shape index (κ2) is 6.02. The van der Waals surface area contributed by atoms with Crippen LogP contribution < -0.4 is 0 Å². The zero-order chi connectivity index (χ0) is 15.5. The number of hydrogen-bond acceptors (Lipinski definition) is 3. The average molecular weight is 322 g/mol. The Morgan fingerprint density at radius 3 is 2.24 bits per heavy atom. The molecule has 1 heterocycles. The van der Waals surface area contributed by atoms with Crippen molar-refractivity contribution in [2.24, 2.45) is 4.40 Å². The van der Waals surface area contributed by atoms with Gasteiger partial charge in [-0.3, -0.25) is 0 Å². The highest BCUT2D eigenvalue weighted by Crippen LogP contribution is 2.26. The van der Waals surface area contributed by atoms with Crippen LogP contribution in [0.2, 0.25) is 0 Å². The largest absolute Gasteiger partial charge is 0.518 e. The van der Waals surface area contributed by atoms with Crippen LogP contribution in [0, 0.1) is 0 Å². The maximum atomic E-state index is 12.5. The van der Waals surface area contributed by atoms with Gasteiger partial charge in [0.2, 0.25) is 0 Å². The molecule has 1 aliphatic rings. The summed E-state index contributed by atoms with van der Waals surface area (Å²) in [7, 11) is -5.59. The van der Waals surface area contributed by atoms with Crippen LogP contribution in [0.4, 0.5) is 13.2 Å². The third-order valence-electron chi connectivity index (χ3n) is 2.84. The number of amidine groups is 1. The van der Waals surface area contributed by atoms with Crippen molar-refractivity contribution in [1.29, 1.82) is 0 Å². The minimum absolute atomic E-state index is 0.212. The van der Waals surface area contributed by atoms with Crippen molar-refractivity contribution >= 4 is 15.9 Å². The van der Waals surface area contributed by atoms with Gasteiger partial charge in [0.25, 0.3) is 0 Å². The van der Waals surface area contributed by atoms with Gasteiger partial charge in [0.05, 0.1) is 13.2 Å². The highest BCUT2D eigenvalue weighted by Gasteiger charge is 2.46. The lowest BCUT2D eigenvalue weighted by Gasteiger charge is -2.29. The molecule has 1 aliphatic heterocycles. The third-order valence-corrected chi connectivity index (χ3v) is 3.84. The first-order chi connectivity index (χ1) is 9.81. The standard InChI is InChI=1S/C12H13F3N2O3S/c13-12(14,15)21(18,19)16-11(10-4-2-1-3-5-10)17-6-8-20-9-7-17/h1-5H,6-9H2/b16-11+. The molecule has 9 heteroatoms. The predicted octanol–water partition coefficient (Wildman–Crippen LogP) is 1.61. The molecule has 0 bridgehead atoms. The van der Waals surface area contributed by atoms with Crippen molar-refractivity contribution in [1.82, 2.24) is 4.90 Å². The Labute approximate surface area is 120 Å². The lowest BCUT2D eigenvalue weighted by Crippen LogP contribution is -2.42. The number of halogens is 3. The molecule has 0 aromatic heterocycles. The third kappa shape index (κ3) is 3.73. The molecule has 2 rings (SSSR count).